The highest BCUT2D eigenvalue weighted by Gasteiger charge is 2.28. The van der Waals surface area contributed by atoms with Gasteiger partial charge in [0.25, 0.3) is 5.91 Å². The van der Waals surface area contributed by atoms with Crippen molar-refractivity contribution < 1.29 is 23.8 Å². The lowest BCUT2D eigenvalue weighted by molar-refractivity contribution is -0.136. The van der Waals surface area contributed by atoms with Gasteiger partial charge < -0.3 is 24.4 Å². The number of benzene rings is 2. The molecule has 0 aromatic heterocycles. The summed E-state index contributed by atoms with van der Waals surface area (Å²) >= 11 is 1.55. The minimum Gasteiger partial charge on any atom is -0.486 e. The molecule has 2 aliphatic heterocycles. The summed E-state index contributed by atoms with van der Waals surface area (Å²) in [6.45, 7) is 2.13. The highest BCUT2D eigenvalue weighted by Crippen LogP contribution is 2.39. The molecule has 1 fully saturated rings. The molecule has 0 radical (unpaired) electrons. The van der Waals surface area contributed by atoms with Crippen LogP contribution in [-0.4, -0.2) is 55.9 Å². The third-order valence-electron chi connectivity index (χ3n) is 5.45. The van der Waals surface area contributed by atoms with E-state index in [1.807, 2.05) is 48.7 Å². The van der Waals surface area contributed by atoms with E-state index in [0.717, 1.165) is 10.6 Å². The molecule has 7 nitrogen and oxygen atoms in total. The van der Waals surface area contributed by atoms with E-state index in [1.165, 1.54) is 0 Å². The first-order valence-electron chi connectivity index (χ1n) is 10.4. The van der Waals surface area contributed by atoms with Crippen molar-refractivity contribution in [1.82, 2.24) is 4.90 Å². The van der Waals surface area contributed by atoms with Crippen LogP contribution in [0, 0.1) is 5.92 Å². The number of carbonyl (C=O) groups is 2. The third kappa shape index (κ3) is 5.25. The van der Waals surface area contributed by atoms with E-state index in [-0.39, 0.29) is 24.3 Å². The number of para-hydroxylation sites is 1. The number of carbonyl (C=O) groups excluding carboxylic acids is 2. The number of piperidine rings is 1. The van der Waals surface area contributed by atoms with Crippen molar-refractivity contribution >= 4 is 29.3 Å². The van der Waals surface area contributed by atoms with Gasteiger partial charge in [-0.05, 0) is 37.3 Å². The number of hydrogen-bond donors (Lipinski definition) is 1. The van der Waals surface area contributed by atoms with E-state index in [1.54, 1.807) is 16.7 Å². The summed E-state index contributed by atoms with van der Waals surface area (Å²) in [7, 11) is 0. The molecule has 1 saturated heterocycles. The second-order valence-corrected chi connectivity index (χ2v) is 8.29. The van der Waals surface area contributed by atoms with Crippen LogP contribution in [0.2, 0.25) is 0 Å². The molecule has 2 heterocycles. The molecule has 0 saturated carbocycles. The topological polar surface area (TPSA) is 77.1 Å². The van der Waals surface area contributed by atoms with Crippen molar-refractivity contribution in [2.24, 2.45) is 5.92 Å². The summed E-state index contributed by atoms with van der Waals surface area (Å²) in [4.78, 5) is 28.0. The SMILES string of the molecule is CSc1cc2c(cc1NC(=O)C1CCN(C(=O)COc3ccccc3)CC1)OCCO2. The Balaban J connectivity index is 1.30. The fraction of sp³-hybridized carbons (Fsp3) is 0.391. The standard InChI is InChI=1S/C23H26N2O5S/c1-31-21-14-20-19(28-11-12-29-20)13-18(21)24-23(27)16-7-9-25(10-8-16)22(26)15-30-17-5-3-2-4-6-17/h2-6,13-14,16H,7-12,15H2,1H3,(H,24,27). The van der Waals surface area contributed by atoms with Gasteiger partial charge in [-0.3, -0.25) is 9.59 Å². The van der Waals surface area contributed by atoms with Crippen molar-refractivity contribution in [3.8, 4) is 17.2 Å². The predicted octanol–water partition coefficient (Wildman–Crippen LogP) is 3.44. The monoisotopic (exact) mass is 442 g/mol. The zero-order chi connectivity index (χ0) is 21.6. The Labute approximate surface area is 186 Å². The number of rotatable bonds is 6. The minimum atomic E-state index is -0.137. The highest BCUT2D eigenvalue weighted by atomic mass is 32.2. The number of nitrogens with zero attached hydrogens (tertiary/aromatic N) is 1. The smallest absolute Gasteiger partial charge is 0.260 e. The highest BCUT2D eigenvalue weighted by molar-refractivity contribution is 7.98. The molecule has 1 N–H and O–H groups in total. The average Bonchev–Trinajstić information content (AvgIpc) is 2.82. The molecule has 2 aliphatic rings. The van der Waals surface area contributed by atoms with Gasteiger partial charge in [-0.25, -0.2) is 0 Å². The zero-order valence-electron chi connectivity index (χ0n) is 17.5. The lowest BCUT2D eigenvalue weighted by Crippen LogP contribution is -2.43. The number of likely N-dealkylation sites (tertiary alicyclic amines) is 1. The minimum absolute atomic E-state index is 0.00908. The maximum atomic E-state index is 12.9. The van der Waals surface area contributed by atoms with Crippen LogP contribution < -0.4 is 19.5 Å². The maximum absolute atomic E-state index is 12.9. The van der Waals surface area contributed by atoms with Gasteiger partial charge in [0.15, 0.2) is 18.1 Å². The largest absolute Gasteiger partial charge is 0.486 e. The molecule has 0 aliphatic carbocycles. The lowest BCUT2D eigenvalue weighted by atomic mass is 9.95. The van der Waals surface area contributed by atoms with Gasteiger partial charge in [0.05, 0.1) is 5.69 Å². The number of thioether (sulfide) groups is 1. The van der Waals surface area contributed by atoms with E-state index in [4.69, 9.17) is 14.2 Å². The van der Waals surface area contributed by atoms with Crippen molar-refractivity contribution in [3.63, 3.8) is 0 Å². The van der Waals surface area contributed by atoms with E-state index >= 15 is 0 Å². The summed E-state index contributed by atoms with van der Waals surface area (Å²) in [5, 5.41) is 3.05. The van der Waals surface area contributed by atoms with E-state index in [2.05, 4.69) is 5.32 Å². The molecular formula is C23H26N2O5S. The second-order valence-electron chi connectivity index (χ2n) is 7.44. The van der Waals surface area contributed by atoms with Crippen molar-refractivity contribution in [2.45, 2.75) is 17.7 Å². The maximum Gasteiger partial charge on any atom is 0.260 e. The first-order valence-corrected chi connectivity index (χ1v) is 11.6. The zero-order valence-corrected chi connectivity index (χ0v) is 18.3. The molecule has 4 rings (SSSR count). The molecule has 31 heavy (non-hydrogen) atoms. The van der Waals surface area contributed by atoms with Gasteiger partial charge in [-0.2, -0.15) is 0 Å². The van der Waals surface area contributed by atoms with Gasteiger partial charge in [0, 0.05) is 30.0 Å². The summed E-state index contributed by atoms with van der Waals surface area (Å²) in [6, 6.07) is 13.0. The van der Waals surface area contributed by atoms with E-state index < -0.39 is 0 Å². The molecule has 2 aromatic carbocycles. The second kappa shape index (κ2) is 9.96. The van der Waals surface area contributed by atoms with Crippen LogP contribution in [0.1, 0.15) is 12.8 Å². The van der Waals surface area contributed by atoms with Gasteiger partial charge in [-0.15, -0.1) is 11.8 Å². The number of amides is 2. The molecule has 8 heteroatoms. The molecule has 0 bridgehead atoms. The summed E-state index contributed by atoms with van der Waals surface area (Å²) in [6.07, 6.45) is 3.22. The van der Waals surface area contributed by atoms with Crippen molar-refractivity contribution in [3.05, 3.63) is 42.5 Å². The Kier molecular flexibility index (Phi) is 6.86. The van der Waals surface area contributed by atoms with Gasteiger partial charge in [0.1, 0.15) is 19.0 Å². The first-order chi connectivity index (χ1) is 15.1. The Bertz CT molecular complexity index is 929. The molecule has 2 amide bonds. The predicted molar refractivity (Wildman–Crippen MR) is 119 cm³/mol. The number of hydrogen-bond acceptors (Lipinski definition) is 6. The Morgan fingerprint density at radius 1 is 1.10 bits per heavy atom. The molecule has 164 valence electrons. The van der Waals surface area contributed by atoms with E-state index in [0.29, 0.717) is 56.4 Å². The Morgan fingerprint density at radius 3 is 2.45 bits per heavy atom. The molecule has 0 unspecified atom stereocenters. The van der Waals surface area contributed by atoms with Crippen LogP contribution in [0.3, 0.4) is 0 Å². The van der Waals surface area contributed by atoms with Crippen LogP contribution in [0.4, 0.5) is 5.69 Å². The van der Waals surface area contributed by atoms with Crippen molar-refractivity contribution in [2.75, 3.05) is 44.5 Å². The van der Waals surface area contributed by atoms with Gasteiger partial charge in [-0.1, -0.05) is 18.2 Å². The molecule has 0 spiro atoms. The number of fused-ring (bicyclic) bond motifs is 1. The molecular weight excluding hydrogens is 416 g/mol. The summed E-state index contributed by atoms with van der Waals surface area (Å²) < 4.78 is 16.8. The molecule has 0 atom stereocenters. The number of ether oxygens (including phenoxy) is 3. The van der Waals surface area contributed by atoms with Gasteiger partial charge >= 0.3 is 0 Å². The normalized spacial score (nSPS) is 16.0. The molecule has 2 aromatic rings. The summed E-state index contributed by atoms with van der Waals surface area (Å²) in [5.41, 5.74) is 0.733. The van der Waals surface area contributed by atoms with E-state index in [9.17, 15) is 9.59 Å². The van der Waals surface area contributed by atoms with Gasteiger partial charge in [0.2, 0.25) is 5.91 Å². The summed E-state index contributed by atoms with van der Waals surface area (Å²) in [5.74, 6) is 1.81. The third-order valence-corrected chi connectivity index (χ3v) is 6.22. The quantitative estimate of drug-likeness (QED) is 0.691. The fourth-order valence-corrected chi connectivity index (χ4v) is 4.27. The lowest BCUT2D eigenvalue weighted by Gasteiger charge is -2.31. The number of anilines is 1. The Hall–Kier alpha value is -2.87. The number of nitrogens with one attached hydrogen (secondary N) is 1. The van der Waals surface area contributed by atoms with Crippen LogP contribution in [-0.2, 0) is 9.59 Å². The van der Waals surface area contributed by atoms with Crippen molar-refractivity contribution in [1.29, 1.82) is 0 Å². The van der Waals surface area contributed by atoms with Crippen LogP contribution in [0.15, 0.2) is 47.4 Å². The van der Waals surface area contributed by atoms with Crippen LogP contribution in [0.5, 0.6) is 17.2 Å². The fourth-order valence-electron chi connectivity index (χ4n) is 3.72. The van der Waals surface area contributed by atoms with Crippen LogP contribution >= 0.6 is 11.8 Å². The first kappa shape index (κ1) is 21.4. The average molecular weight is 443 g/mol. The van der Waals surface area contributed by atoms with Crippen LogP contribution in [0.25, 0.3) is 0 Å². The Morgan fingerprint density at radius 2 is 1.77 bits per heavy atom.